The van der Waals surface area contributed by atoms with Crippen LogP contribution in [0.4, 0.5) is 17.1 Å². The second kappa shape index (κ2) is 13.0. The number of benzene rings is 9. The highest BCUT2D eigenvalue weighted by molar-refractivity contribution is 6.13. The molecule has 0 spiro atoms. The van der Waals surface area contributed by atoms with E-state index in [4.69, 9.17) is 4.42 Å². The summed E-state index contributed by atoms with van der Waals surface area (Å²) in [7, 11) is 0. The van der Waals surface area contributed by atoms with Gasteiger partial charge in [0.05, 0.1) is 0 Å². The third kappa shape index (κ3) is 5.40. The molecule has 1 aliphatic carbocycles. The molecule has 0 amide bonds. The van der Waals surface area contributed by atoms with Gasteiger partial charge in [-0.15, -0.1) is 0 Å². The lowest BCUT2D eigenvalue weighted by Crippen LogP contribution is -2.16. The van der Waals surface area contributed by atoms with Gasteiger partial charge in [0.25, 0.3) is 0 Å². The van der Waals surface area contributed by atoms with Crippen LogP contribution in [0.3, 0.4) is 0 Å². The van der Waals surface area contributed by atoms with E-state index < -0.39 is 0 Å². The average Bonchev–Trinajstić information content (AvgIpc) is 3.76. The van der Waals surface area contributed by atoms with Crippen molar-refractivity contribution < 1.29 is 4.42 Å². The molecule has 0 fully saturated rings. The monoisotopic (exact) mass is 729 g/mol. The Morgan fingerprint density at radius 1 is 0.386 bits per heavy atom. The van der Waals surface area contributed by atoms with Gasteiger partial charge in [-0.05, 0) is 115 Å². The predicted octanol–water partition coefficient (Wildman–Crippen LogP) is 15.5. The quantitative estimate of drug-likeness (QED) is 0.169. The summed E-state index contributed by atoms with van der Waals surface area (Å²) in [4.78, 5) is 2.39. The van der Waals surface area contributed by atoms with Crippen molar-refractivity contribution >= 4 is 49.8 Å². The molecule has 0 unspecified atom stereocenters. The number of hydrogen-bond acceptors (Lipinski definition) is 2. The number of fused-ring (bicyclic) bond motifs is 7. The van der Waals surface area contributed by atoms with Crippen LogP contribution in [0.2, 0.25) is 0 Å². The molecule has 0 saturated carbocycles. The number of rotatable bonds is 6. The van der Waals surface area contributed by atoms with E-state index in [1.807, 2.05) is 6.07 Å². The van der Waals surface area contributed by atoms with E-state index >= 15 is 0 Å². The molecule has 0 bridgehead atoms. The predicted molar refractivity (Wildman–Crippen MR) is 240 cm³/mol. The molecule has 270 valence electrons. The van der Waals surface area contributed by atoms with E-state index in [0.29, 0.717) is 0 Å². The van der Waals surface area contributed by atoms with Crippen LogP contribution in [0.1, 0.15) is 25.0 Å². The van der Waals surface area contributed by atoms with Crippen LogP contribution >= 0.6 is 0 Å². The molecule has 0 radical (unpaired) electrons. The van der Waals surface area contributed by atoms with Crippen molar-refractivity contribution in [1.29, 1.82) is 0 Å². The molecule has 2 nitrogen and oxygen atoms in total. The fourth-order valence-electron chi connectivity index (χ4n) is 9.16. The van der Waals surface area contributed by atoms with Gasteiger partial charge < -0.3 is 9.32 Å². The molecule has 0 saturated heterocycles. The van der Waals surface area contributed by atoms with E-state index in [-0.39, 0.29) is 5.41 Å². The van der Waals surface area contributed by atoms with Crippen molar-refractivity contribution in [1.82, 2.24) is 0 Å². The Labute approximate surface area is 332 Å². The summed E-state index contributed by atoms with van der Waals surface area (Å²) in [6, 6.07) is 72.6. The first-order chi connectivity index (χ1) is 28.0. The van der Waals surface area contributed by atoms with E-state index in [1.165, 1.54) is 44.2 Å². The zero-order chi connectivity index (χ0) is 38.1. The number of para-hydroxylation sites is 1. The van der Waals surface area contributed by atoms with Crippen LogP contribution in [0.5, 0.6) is 0 Å². The number of hydrogen-bond donors (Lipinski definition) is 0. The Hall–Kier alpha value is -7.16. The van der Waals surface area contributed by atoms with Gasteiger partial charge in [0.15, 0.2) is 0 Å². The summed E-state index contributed by atoms with van der Waals surface area (Å²) >= 11 is 0. The minimum atomic E-state index is -0.108. The van der Waals surface area contributed by atoms with Gasteiger partial charge in [-0.1, -0.05) is 159 Å². The van der Waals surface area contributed by atoms with Crippen molar-refractivity contribution in [3.8, 4) is 44.5 Å². The molecule has 0 N–H and O–H groups in total. The first-order valence-corrected chi connectivity index (χ1v) is 19.8. The molecule has 57 heavy (non-hydrogen) atoms. The molecule has 1 aromatic heterocycles. The number of furan rings is 1. The lowest BCUT2D eigenvalue weighted by atomic mass is 9.82. The SMILES string of the molecule is CC1(C)c2ccccc2-c2ccc(N(c3ccc(-c4ccccc4)cc3)c3ccc(-c4ccc5c(oc6ccccc65)c4-c4ccc5ccccc5c4)cc3)cc21. The second-order valence-corrected chi connectivity index (χ2v) is 15.7. The first-order valence-electron chi connectivity index (χ1n) is 19.8. The molecule has 9 aromatic carbocycles. The first kappa shape index (κ1) is 33.2. The van der Waals surface area contributed by atoms with E-state index in [9.17, 15) is 0 Å². The maximum atomic E-state index is 6.70. The Balaban J connectivity index is 1.06. The lowest BCUT2D eigenvalue weighted by Gasteiger charge is -2.28. The van der Waals surface area contributed by atoms with Crippen LogP contribution in [-0.2, 0) is 5.41 Å². The third-order valence-electron chi connectivity index (χ3n) is 12.1. The normalized spacial score (nSPS) is 12.9. The number of anilines is 3. The van der Waals surface area contributed by atoms with Gasteiger partial charge in [-0.25, -0.2) is 0 Å². The van der Waals surface area contributed by atoms with Gasteiger partial charge in [0, 0.05) is 38.8 Å². The molecular weight excluding hydrogens is 691 g/mol. The fraction of sp³-hybridized carbons (Fsp3) is 0.0545. The average molecular weight is 730 g/mol. The van der Waals surface area contributed by atoms with Gasteiger partial charge in [0.1, 0.15) is 11.2 Å². The topological polar surface area (TPSA) is 16.4 Å². The largest absolute Gasteiger partial charge is 0.455 e. The van der Waals surface area contributed by atoms with E-state index in [2.05, 4.69) is 213 Å². The molecule has 0 aliphatic heterocycles. The van der Waals surface area contributed by atoms with Crippen molar-refractivity contribution in [2.24, 2.45) is 0 Å². The van der Waals surface area contributed by atoms with Crippen LogP contribution in [0, 0.1) is 0 Å². The Kier molecular flexibility index (Phi) is 7.55. The fourth-order valence-corrected chi connectivity index (χ4v) is 9.16. The minimum absolute atomic E-state index is 0.108. The summed E-state index contributed by atoms with van der Waals surface area (Å²) in [5.41, 5.74) is 17.3. The zero-order valence-electron chi connectivity index (χ0n) is 31.9. The van der Waals surface area contributed by atoms with Crippen molar-refractivity contribution in [2.45, 2.75) is 19.3 Å². The Bertz CT molecular complexity index is 3130. The molecule has 1 heterocycles. The standard InChI is InChI=1S/C55H39NO/c1-55(2)50-18-10-8-16-46(50)47-31-30-44(35-51(47)55)56(42-26-22-38(23-27-42)36-12-4-3-5-13-36)43-28-24-39(25-29-43)45-32-33-49-48-17-9-11-19-52(48)57-54(49)53(45)41-21-20-37-14-6-7-15-40(37)34-41/h3-35H,1-2H3. The highest BCUT2D eigenvalue weighted by Crippen LogP contribution is 2.51. The van der Waals surface area contributed by atoms with Crippen LogP contribution < -0.4 is 4.90 Å². The maximum absolute atomic E-state index is 6.70. The lowest BCUT2D eigenvalue weighted by molar-refractivity contribution is 0.660. The smallest absolute Gasteiger partial charge is 0.143 e. The summed E-state index contributed by atoms with van der Waals surface area (Å²) in [6.07, 6.45) is 0. The van der Waals surface area contributed by atoms with Gasteiger partial charge >= 0.3 is 0 Å². The number of nitrogens with zero attached hydrogens (tertiary/aromatic N) is 1. The summed E-state index contributed by atoms with van der Waals surface area (Å²) < 4.78 is 6.70. The molecular formula is C55H39NO. The third-order valence-corrected chi connectivity index (χ3v) is 12.1. The van der Waals surface area contributed by atoms with Gasteiger partial charge in [-0.2, -0.15) is 0 Å². The van der Waals surface area contributed by atoms with Crippen LogP contribution in [0.25, 0.3) is 77.2 Å². The van der Waals surface area contributed by atoms with Crippen LogP contribution in [0.15, 0.2) is 205 Å². The molecule has 2 heteroatoms. The minimum Gasteiger partial charge on any atom is -0.455 e. The molecule has 11 rings (SSSR count). The Morgan fingerprint density at radius 3 is 1.79 bits per heavy atom. The van der Waals surface area contributed by atoms with Crippen LogP contribution in [-0.4, -0.2) is 0 Å². The van der Waals surface area contributed by atoms with E-state index in [1.54, 1.807) is 0 Å². The van der Waals surface area contributed by atoms with Crippen molar-refractivity contribution in [2.75, 3.05) is 4.90 Å². The molecule has 10 aromatic rings. The summed E-state index contributed by atoms with van der Waals surface area (Å²) in [5.74, 6) is 0. The highest BCUT2D eigenvalue weighted by Gasteiger charge is 2.35. The molecule has 0 atom stereocenters. The summed E-state index contributed by atoms with van der Waals surface area (Å²) in [6.45, 7) is 4.70. The second-order valence-electron chi connectivity index (χ2n) is 15.7. The van der Waals surface area contributed by atoms with Crippen molar-refractivity contribution in [3.63, 3.8) is 0 Å². The Morgan fingerprint density at radius 2 is 0.982 bits per heavy atom. The van der Waals surface area contributed by atoms with Gasteiger partial charge in [0.2, 0.25) is 0 Å². The summed E-state index contributed by atoms with van der Waals surface area (Å²) in [5, 5.41) is 4.69. The maximum Gasteiger partial charge on any atom is 0.143 e. The van der Waals surface area contributed by atoms with Gasteiger partial charge in [-0.3, -0.25) is 0 Å². The van der Waals surface area contributed by atoms with E-state index in [0.717, 1.165) is 61.3 Å². The molecule has 1 aliphatic rings. The zero-order valence-corrected chi connectivity index (χ0v) is 31.9. The highest BCUT2D eigenvalue weighted by atomic mass is 16.3. The van der Waals surface area contributed by atoms with Crippen molar-refractivity contribution in [3.05, 3.63) is 211 Å².